The first-order valence-corrected chi connectivity index (χ1v) is 11.6. The van der Waals surface area contributed by atoms with Crippen molar-refractivity contribution in [1.82, 2.24) is 14.5 Å². The molecule has 1 aliphatic carbocycles. The summed E-state index contributed by atoms with van der Waals surface area (Å²) in [6.07, 6.45) is 4.99. The zero-order chi connectivity index (χ0) is 25.7. The maximum atomic E-state index is 14.9. The second-order valence-electron chi connectivity index (χ2n) is 8.91. The number of aryl methyl sites for hydroxylation is 2. The Morgan fingerprint density at radius 3 is 2.61 bits per heavy atom. The normalized spacial score (nSPS) is 16.7. The number of carboxylic acid groups (broad SMARTS) is 1. The van der Waals surface area contributed by atoms with Gasteiger partial charge in [-0.15, -0.1) is 0 Å². The molecule has 182 valence electrons. The van der Waals surface area contributed by atoms with Crippen LogP contribution in [0.25, 0.3) is 16.9 Å². The lowest BCUT2D eigenvalue weighted by molar-refractivity contribution is 0.0692. The molecule has 1 fully saturated rings. The van der Waals surface area contributed by atoms with Gasteiger partial charge in [0.25, 0.3) is 5.56 Å². The van der Waals surface area contributed by atoms with Gasteiger partial charge in [-0.1, -0.05) is 17.7 Å². The minimum atomic E-state index is -1.39. The van der Waals surface area contributed by atoms with Crippen molar-refractivity contribution in [1.29, 1.82) is 0 Å². The van der Waals surface area contributed by atoms with Crippen molar-refractivity contribution in [2.24, 2.45) is 0 Å². The molecule has 3 heterocycles. The van der Waals surface area contributed by atoms with E-state index in [0.717, 1.165) is 18.2 Å². The first-order valence-electron chi connectivity index (χ1n) is 11.2. The molecule has 0 spiro atoms. The van der Waals surface area contributed by atoms with Crippen molar-refractivity contribution in [3.63, 3.8) is 0 Å². The third-order valence-corrected chi connectivity index (χ3v) is 6.91. The molecule has 9 heteroatoms. The van der Waals surface area contributed by atoms with Gasteiger partial charge in [-0.05, 0) is 79.1 Å². The van der Waals surface area contributed by atoms with Gasteiger partial charge in [0.2, 0.25) is 0 Å². The molecular formula is C27H20ClF2N3O3. The van der Waals surface area contributed by atoms with E-state index >= 15 is 0 Å². The van der Waals surface area contributed by atoms with Crippen molar-refractivity contribution in [2.45, 2.75) is 32.1 Å². The van der Waals surface area contributed by atoms with Gasteiger partial charge < -0.3 is 5.11 Å². The van der Waals surface area contributed by atoms with E-state index in [9.17, 15) is 23.5 Å². The number of aromatic nitrogens is 3. The summed E-state index contributed by atoms with van der Waals surface area (Å²) >= 11 is 6.57. The van der Waals surface area contributed by atoms with Crippen molar-refractivity contribution in [3.05, 3.63) is 110 Å². The van der Waals surface area contributed by atoms with Crippen LogP contribution in [-0.4, -0.2) is 25.6 Å². The molecule has 36 heavy (non-hydrogen) atoms. The topological polar surface area (TPSA) is 85.1 Å². The third-order valence-electron chi connectivity index (χ3n) is 6.53. The van der Waals surface area contributed by atoms with Crippen molar-refractivity contribution < 1.29 is 18.7 Å². The molecular weight excluding hydrogens is 488 g/mol. The molecule has 1 saturated carbocycles. The molecule has 6 nitrogen and oxygen atoms in total. The Kier molecular flexibility index (Phi) is 5.92. The Bertz CT molecular complexity index is 1600. The summed E-state index contributed by atoms with van der Waals surface area (Å²) in [6.45, 7) is 3.53. The molecule has 4 aromatic rings. The largest absolute Gasteiger partial charge is 0.478 e. The summed E-state index contributed by atoms with van der Waals surface area (Å²) in [5.41, 5.74) is 2.46. The number of pyridine rings is 3. The monoisotopic (exact) mass is 507 g/mol. The van der Waals surface area contributed by atoms with Crippen LogP contribution in [0.1, 0.15) is 51.0 Å². The Morgan fingerprint density at radius 2 is 1.89 bits per heavy atom. The Morgan fingerprint density at radius 1 is 1.11 bits per heavy atom. The summed E-state index contributed by atoms with van der Waals surface area (Å²) in [6, 6.07) is 8.87. The van der Waals surface area contributed by atoms with E-state index in [1.807, 2.05) is 6.07 Å². The predicted molar refractivity (Wildman–Crippen MR) is 131 cm³/mol. The lowest BCUT2D eigenvalue weighted by Gasteiger charge is -2.17. The smallest absolute Gasteiger partial charge is 0.338 e. The summed E-state index contributed by atoms with van der Waals surface area (Å²) < 4.78 is 29.9. The van der Waals surface area contributed by atoms with Gasteiger partial charge in [0.05, 0.1) is 23.1 Å². The van der Waals surface area contributed by atoms with Gasteiger partial charge >= 0.3 is 5.97 Å². The number of carboxylic acids is 1. The van der Waals surface area contributed by atoms with E-state index in [4.69, 9.17) is 11.6 Å². The van der Waals surface area contributed by atoms with E-state index < -0.39 is 28.7 Å². The highest BCUT2D eigenvalue weighted by molar-refractivity contribution is 6.31. The van der Waals surface area contributed by atoms with Crippen LogP contribution in [0.3, 0.4) is 0 Å². The quantitative estimate of drug-likeness (QED) is 0.368. The van der Waals surface area contributed by atoms with E-state index in [2.05, 4.69) is 9.97 Å². The summed E-state index contributed by atoms with van der Waals surface area (Å²) in [5, 5.41) is 9.32. The summed E-state index contributed by atoms with van der Waals surface area (Å²) in [4.78, 5) is 33.0. The summed E-state index contributed by atoms with van der Waals surface area (Å²) in [5.74, 6) is -2.70. The van der Waals surface area contributed by atoms with Crippen LogP contribution in [0.5, 0.6) is 0 Å². The lowest BCUT2D eigenvalue weighted by Crippen LogP contribution is -2.23. The minimum Gasteiger partial charge on any atom is -0.478 e. The molecule has 5 rings (SSSR count). The Balaban J connectivity index is 1.57. The highest BCUT2D eigenvalue weighted by atomic mass is 35.5. The van der Waals surface area contributed by atoms with Crippen LogP contribution < -0.4 is 5.56 Å². The highest BCUT2D eigenvalue weighted by Gasteiger charge is 2.42. The standard InChI is InChI=1S/C27H20ClF2N3O3/c1-13-10-32-22(17-4-3-5-18(25(17)30)27(35)36)9-23(13)33-14(2)6-21(24(28)26(33)34)20-8-19(20)15-7-16(29)12-31-11-15/h3-7,9-12,19-20H,8H2,1-2H3,(H,35,36)/t19-,20+/m1/s1. The second kappa shape index (κ2) is 8.95. The van der Waals surface area contributed by atoms with Crippen LogP contribution in [0.2, 0.25) is 5.02 Å². The minimum absolute atomic E-state index is 0.00842. The number of aromatic carboxylic acids is 1. The fraction of sp³-hybridized carbons (Fsp3) is 0.185. The first-order chi connectivity index (χ1) is 17.2. The number of hydrogen-bond acceptors (Lipinski definition) is 4. The fourth-order valence-electron chi connectivity index (χ4n) is 4.64. The molecule has 3 aromatic heterocycles. The van der Waals surface area contributed by atoms with E-state index in [1.54, 1.807) is 26.1 Å². The average Bonchev–Trinajstić information content (AvgIpc) is 3.63. The number of carbonyl (C=O) groups is 1. The lowest BCUT2D eigenvalue weighted by atomic mass is 10.0. The van der Waals surface area contributed by atoms with Crippen LogP contribution >= 0.6 is 11.6 Å². The van der Waals surface area contributed by atoms with E-state index in [1.165, 1.54) is 35.0 Å². The van der Waals surface area contributed by atoms with Crippen LogP contribution in [-0.2, 0) is 0 Å². The number of nitrogens with zero attached hydrogens (tertiary/aromatic N) is 3. The third kappa shape index (κ3) is 4.07. The number of rotatable bonds is 5. The Hall–Kier alpha value is -3.91. The van der Waals surface area contributed by atoms with E-state index in [-0.39, 0.29) is 28.1 Å². The first kappa shape index (κ1) is 23.8. The molecule has 0 aliphatic heterocycles. The molecule has 0 bridgehead atoms. The molecule has 0 amide bonds. The zero-order valence-corrected chi connectivity index (χ0v) is 20.1. The molecule has 1 aliphatic rings. The van der Waals surface area contributed by atoms with Crippen molar-refractivity contribution in [3.8, 4) is 16.9 Å². The van der Waals surface area contributed by atoms with E-state index in [0.29, 0.717) is 22.5 Å². The van der Waals surface area contributed by atoms with Gasteiger partial charge in [-0.2, -0.15) is 0 Å². The van der Waals surface area contributed by atoms with Crippen LogP contribution in [0.4, 0.5) is 8.78 Å². The number of halogens is 3. The van der Waals surface area contributed by atoms with Gasteiger partial charge in [0, 0.05) is 23.7 Å². The molecule has 1 N–H and O–H groups in total. The molecule has 2 atom stereocenters. The maximum Gasteiger partial charge on any atom is 0.338 e. The molecule has 0 unspecified atom stereocenters. The fourth-order valence-corrected chi connectivity index (χ4v) is 4.92. The SMILES string of the molecule is Cc1cnc(-c2cccc(C(=O)O)c2F)cc1-n1c(C)cc([C@H]2C[C@@H]2c2cncc(F)c2)c(Cl)c1=O. The Labute approximate surface area is 209 Å². The molecule has 1 aromatic carbocycles. The number of hydrogen-bond donors (Lipinski definition) is 1. The predicted octanol–water partition coefficient (Wildman–Crippen LogP) is 5.81. The molecule has 0 radical (unpaired) electrons. The highest BCUT2D eigenvalue weighted by Crippen LogP contribution is 2.55. The van der Waals surface area contributed by atoms with Gasteiger partial charge in [-0.3, -0.25) is 19.3 Å². The average molecular weight is 508 g/mol. The second-order valence-corrected chi connectivity index (χ2v) is 9.29. The van der Waals surface area contributed by atoms with Gasteiger partial charge in [-0.25, -0.2) is 13.6 Å². The van der Waals surface area contributed by atoms with Crippen molar-refractivity contribution in [2.75, 3.05) is 0 Å². The summed E-state index contributed by atoms with van der Waals surface area (Å²) in [7, 11) is 0. The maximum absolute atomic E-state index is 14.9. The zero-order valence-electron chi connectivity index (χ0n) is 19.3. The van der Waals surface area contributed by atoms with Gasteiger partial charge in [0.1, 0.15) is 16.7 Å². The van der Waals surface area contributed by atoms with Gasteiger partial charge in [0.15, 0.2) is 0 Å². The van der Waals surface area contributed by atoms with Crippen LogP contribution in [0, 0.1) is 25.5 Å². The van der Waals surface area contributed by atoms with Crippen molar-refractivity contribution >= 4 is 17.6 Å². The molecule has 0 saturated heterocycles. The van der Waals surface area contributed by atoms with Crippen LogP contribution in [0.15, 0.2) is 59.8 Å². The number of benzene rings is 1.